The molecule has 0 bridgehead atoms. The van der Waals surface area contributed by atoms with Gasteiger partial charge in [-0.05, 0) is 55.4 Å². The maximum absolute atomic E-state index is 13.0. The molecule has 4 heteroatoms. The molecule has 0 aromatic heterocycles. The van der Waals surface area contributed by atoms with Crippen molar-refractivity contribution in [3.8, 4) is 0 Å². The van der Waals surface area contributed by atoms with Crippen LogP contribution in [-0.4, -0.2) is 12.5 Å². The van der Waals surface area contributed by atoms with Gasteiger partial charge >= 0.3 is 0 Å². The number of hydrogen-bond donors (Lipinski definition) is 0. The quantitative estimate of drug-likeness (QED) is 0.733. The van der Waals surface area contributed by atoms with E-state index in [9.17, 15) is 4.79 Å². The van der Waals surface area contributed by atoms with Crippen molar-refractivity contribution in [1.82, 2.24) is 0 Å². The standard InChI is InChI=1S/C18H23Cl2NO/c1-6-21(14-9-7-8-11(2)12(14)3)17(22)16-13(10-15(19)20)18(16,4)5/h7-10,13,16H,6H2,1-5H3/t13-,16-/m0/s1. The lowest BCUT2D eigenvalue weighted by molar-refractivity contribution is -0.120. The maximum Gasteiger partial charge on any atom is 0.231 e. The zero-order chi connectivity index (χ0) is 16.7. The summed E-state index contributed by atoms with van der Waals surface area (Å²) in [5.41, 5.74) is 3.24. The Morgan fingerprint density at radius 3 is 2.50 bits per heavy atom. The van der Waals surface area contributed by atoms with Crippen molar-refractivity contribution < 1.29 is 4.79 Å². The van der Waals surface area contributed by atoms with E-state index in [0.29, 0.717) is 6.54 Å². The van der Waals surface area contributed by atoms with Crippen molar-refractivity contribution in [2.24, 2.45) is 17.3 Å². The highest BCUT2D eigenvalue weighted by molar-refractivity contribution is 6.55. The average Bonchev–Trinajstić information content (AvgIpc) is 2.95. The monoisotopic (exact) mass is 339 g/mol. The topological polar surface area (TPSA) is 20.3 Å². The molecular weight excluding hydrogens is 317 g/mol. The fourth-order valence-corrected chi connectivity index (χ4v) is 3.51. The van der Waals surface area contributed by atoms with Crippen LogP contribution in [0.2, 0.25) is 0 Å². The number of allylic oxidation sites excluding steroid dienone is 1. The normalized spacial score (nSPS) is 22.1. The third-order valence-corrected chi connectivity index (χ3v) is 5.18. The van der Waals surface area contributed by atoms with E-state index in [1.54, 1.807) is 6.08 Å². The van der Waals surface area contributed by atoms with E-state index in [1.807, 2.05) is 24.0 Å². The Kier molecular flexibility index (Phi) is 4.93. The molecule has 0 N–H and O–H groups in total. The lowest BCUT2D eigenvalue weighted by atomic mass is 10.1. The van der Waals surface area contributed by atoms with Crippen LogP contribution in [-0.2, 0) is 4.79 Å². The number of aryl methyl sites for hydroxylation is 1. The Morgan fingerprint density at radius 1 is 1.32 bits per heavy atom. The summed E-state index contributed by atoms with van der Waals surface area (Å²) in [5, 5.41) is 0. The molecule has 1 aromatic carbocycles. The van der Waals surface area contributed by atoms with Crippen LogP contribution in [0.1, 0.15) is 31.9 Å². The number of amides is 1. The minimum absolute atomic E-state index is 0.0696. The number of anilines is 1. The molecule has 0 saturated heterocycles. The van der Waals surface area contributed by atoms with E-state index in [2.05, 4.69) is 33.8 Å². The van der Waals surface area contributed by atoms with E-state index < -0.39 is 0 Å². The summed E-state index contributed by atoms with van der Waals surface area (Å²) in [7, 11) is 0. The third kappa shape index (κ3) is 3.04. The zero-order valence-electron chi connectivity index (χ0n) is 13.8. The van der Waals surface area contributed by atoms with Crippen LogP contribution in [0.25, 0.3) is 0 Å². The smallest absolute Gasteiger partial charge is 0.231 e. The summed E-state index contributed by atoms with van der Waals surface area (Å²) in [6.07, 6.45) is 1.79. The van der Waals surface area contributed by atoms with Crippen LogP contribution in [0.4, 0.5) is 5.69 Å². The molecule has 0 spiro atoms. The van der Waals surface area contributed by atoms with Crippen LogP contribution < -0.4 is 4.90 Å². The molecule has 2 nitrogen and oxygen atoms in total. The fraction of sp³-hybridized carbons (Fsp3) is 0.500. The Bertz CT molecular complexity index is 618. The highest BCUT2D eigenvalue weighted by atomic mass is 35.5. The highest BCUT2D eigenvalue weighted by Gasteiger charge is 2.61. The fourth-order valence-electron chi connectivity index (χ4n) is 3.24. The van der Waals surface area contributed by atoms with Gasteiger partial charge in [-0.25, -0.2) is 0 Å². The number of carbonyl (C=O) groups is 1. The second-order valence-corrected chi connectivity index (χ2v) is 7.59. The predicted octanol–water partition coefficient (Wildman–Crippen LogP) is 5.25. The molecule has 1 fully saturated rings. The van der Waals surface area contributed by atoms with Crippen molar-refractivity contribution >= 4 is 34.8 Å². The summed E-state index contributed by atoms with van der Waals surface area (Å²) < 4.78 is 0.239. The molecule has 2 atom stereocenters. The molecule has 0 unspecified atom stereocenters. The third-order valence-electron chi connectivity index (χ3n) is 4.93. The lowest BCUT2D eigenvalue weighted by Crippen LogP contribution is -2.34. The summed E-state index contributed by atoms with van der Waals surface area (Å²) in [4.78, 5) is 14.9. The molecule has 1 amide bonds. The van der Waals surface area contributed by atoms with Gasteiger partial charge in [-0.2, -0.15) is 0 Å². The van der Waals surface area contributed by atoms with Gasteiger partial charge in [-0.3, -0.25) is 4.79 Å². The maximum atomic E-state index is 13.0. The largest absolute Gasteiger partial charge is 0.312 e. The molecule has 1 aliphatic rings. The Balaban J connectivity index is 2.31. The van der Waals surface area contributed by atoms with E-state index in [0.717, 1.165) is 11.3 Å². The molecule has 0 radical (unpaired) electrons. The SMILES string of the molecule is CCN(C(=O)[C@@H]1[C@H](C=C(Cl)Cl)C1(C)C)c1cccc(C)c1C. The number of rotatable bonds is 4. The molecule has 0 aliphatic heterocycles. The van der Waals surface area contributed by atoms with Crippen LogP contribution in [0.3, 0.4) is 0 Å². The van der Waals surface area contributed by atoms with Gasteiger partial charge in [0.1, 0.15) is 4.49 Å². The first-order valence-corrected chi connectivity index (χ1v) is 8.37. The van der Waals surface area contributed by atoms with Gasteiger partial charge in [0.05, 0.1) is 5.92 Å². The number of nitrogens with zero attached hydrogens (tertiary/aromatic N) is 1. The summed E-state index contributed by atoms with van der Waals surface area (Å²) in [5.74, 6) is 0.182. The van der Waals surface area contributed by atoms with E-state index in [-0.39, 0.29) is 27.6 Å². The highest BCUT2D eigenvalue weighted by Crippen LogP contribution is 2.60. The predicted molar refractivity (Wildman–Crippen MR) is 94.5 cm³/mol. The van der Waals surface area contributed by atoms with Gasteiger partial charge in [0.15, 0.2) is 0 Å². The van der Waals surface area contributed by atoms with Crippen molar-refractivity contribution in [2.75, 3.05) is 11.4 Å². The van der Waals surface area contributed by atoms with Gasteiger partial charge < -0.3 is 4.90 Å². The first-order valence-electron chi connectivity index (χ1n) is 7.62. The molecule has 120 valence electrons. The van der Waals surface area contributed by atoms with E-state index in [4.69, 9.17) is 23.2 Å². The number of hydrogen-bond acceptors (Lipinski definition) is 1. The Hall–Kier alpha value is -0.990. The summed E-state index contributed by atoms with van der Waals surface area (Å²) in [6, 6.07) is 6.08. The zero-order valence-corrected chi connectivity index (χ0v) is 15.3. The molecular formula is C18H23Cl2NO. The average molecular weight is 340 g/mol. The minimum Gasteiger partial charge on any atom is -0.312 e. The Morgan fingerprint density at radius 2 is 1.95 bits per heavy atom. The van der Waals surface area contributed by atoms with Crippen molar-refractivity contribution in [3.63, 3.8) is 0 Å². The van der Waals surface area contributed by atoms with Gasteiger partial charge in [0.25, 0.3) is 0 Å². The van der Waals surface area contributed by atoms with Crippen molar-refractivity contribution in [3.05, 3.63) is 39.9 Å². The van der Waals surface area contributed by atoms with Crippen molar-refractivity contribution in [2.45, 2.75) is 34.6 Å². The molecule has 1 saturated carbocycles. The van der Waals surface area contributed by atoms with Gasteiger partial charge in [0.2, 0.25) is 5.91 Å². The first kappa shape index (κ1) is 17.4. The number of carbonyl (C=O) groups excluding carboxylic acids is 1. The van der Waals surface area contributed by atoms with Crippen LogP contribution >= 0.6 is 23.2 Å². The first-order chi connectivity index (χ1) is 10.2. The molecule has 2 rings (SSSR count). The van der Waals surface area contributed by atoms with Crippen LogP contribution in [0, 0.1) is 31.1 Å². The summed E-state index contributed by atoms with van der Waals surface area (Å²) >= 11 is 11.6. The van der Waals surface area contributed by atoms with Crippen molar-refractivity contribution in [1.29, 1.82) is 0 Å². The second kappa shape index (κ2) is 6.25. The van der Waals surface area contributed by atoms with E-state index >= 15 is 0 Å². The molecule has 1 aliphatic carbocycles. The molecule has 22 heavy (non-hydrogen) atoms. The van der Waals surface area contributed by atoms with Crippen LogP contribution in [0.5, 0.6) is 0 Å². The molecule has 1 aromatic rings. The second-order valence-electron chi connectivity index (χ2n) is 6.58. The van der Waals surface area contributed by atoms with Gasteiger partial charge in [-0.1, -0.05) is 49.2 Å². The molecule has 0 heterocycles. The number of halogens is 2. The van der Waals surface area contributed by atoms with E-state index in [1.165, 1.54) is 5.56 Å². The van der Waals surface area contributed by atoms with Gasteiger partial charge in [-0.15, -0.1) is 0 Å². The number of benzene rings is 1. The minimum atomic E-state index is -0.0999. The lowest BCUT2D eigenvalue weighted by Gasteiger charge is -2.24. The van der Waals surface area contributed by atoms with Gasteiger partial charge in [0, 0.05) is 12.2 Å². The Labute approximate surface area is 143 Å². The summed E-state index contributed by atoms with van der Waals surface area (Å²) in [6.45, 7) is 11.0. The van der Waals surface area contributed by atoms with Crippen LogP contribution in [0.15, 0.2) is 28.8 Å².